The molecule has 0 fully saturated rings. The first kappa shape index (κ1) is 16.7. The van der Waals surface area contributed by atoms with E-state index in [0.29, 0.717) is 6.42 Å². The molecule has 2 N–H and O–H groups in total. The Morgan fingerprint density at radius 1 is 1.20 bits per heavy atom. The van der Waals surface area contributed by atoms with E-state index in [2.05, 4.69) is 0 Å². The summed E-state index contributed by atoms with van der Waals surface area (Å²) in [6, 6.07) is 7.72. The van der Waals surface area contributed by atoms with E-state index in [9.17, 15) is 15.0 Å². The number of carboxylic acid groups (broad SMARTS) is 1. The lowest BCUT2D eigenvalue weighted by molar-refractivity contribution is -0.143. The Balaban J connectivity index is 2.86. The molecule has 0 bridgehead atoms. The molecule has 0 saturated carbocycles. The molecule has 0 aliphatic carbocycles. The van der Waals surface area contributed by atoms with Crippen LogP contribution in [-0.4, -0.2) is 22.8 Å². The first-order chi connectivity index (χ1) is 9.21. The van der Waals surface area contributed by atoms with Gasteiger partial charge in [-0.25, -0.2) is 0 Å². The highest BCUT2D eigenvalue weighted by Gasteiger charge is 2.35. The molecule has 0 aromatic heterocycles. The molecule has 0 saturated heterocycles. The zero-order valence-corrected chi connectivity index (χ0v) is 12.9. The van der Waals surface area contributed by atoms with Crippen LogP contribution in [0.3, 0.4) is 0 Å². The third kappa shape index (κ3) is 4.07. The Hall–Kier alpha value is -1.35. The molecule has 3 heteroatoms. The van der Waals surface area contributed by atoms with E-state index in [0.717, 1.165) is 24.0 Å². The number of carbonyl (C=O) groups is 1. The monoisotopic (exact) mass is 278 g/mol. The Morgan fingerprint density at radius 3 is 2.35 bits per heavy atom. The van der Waals surface area contributed by atoms with E-state index in [1.54, 1.807) is 6.92 Å². The van der Waals surface area contributed by atoms with Crippen molar-refractivity contribution in [2.75, 3.05) is 6.61 Å². The number of aliphatic hydroxyl groups excluding tert-OH is 1. The second-order valence-electron chi connectivity index (χ2n) is 6.68. The van der Waals surface area contributed by atoms with Gasteiger partial charge >= 0.3 is 5.97 Å². The highest BCUT2D eigenvalue weighted by Crippen LogP contribution is 2.33. The van der Waals surface area contributed by atoms with Crippen LogP contribution in [0.1, 0.15) is 51.2 Å². The molecular weight excluding hydrogens is 252 g/mol. The largest absolute Gasteiger partial charge is 0.481 e. The van der Waals surface area contributed by atoms with Crippen molar-refractivity contribution in [2.45, 2.75) is 52.4 Å². The van der Waals surface area contributed by atoms with E-state index < -0.39 is 11.4 Å². The lowest BCUT2D eigenvalue weighted by atomic mass is 9.76. The minimum atomic E-state index is -0.864. The molecule has 1 aromatic rings. The van der Waals surface area contributed by atoms with Gasteiger partial charge in [0.1, 0.15) is 0 Å². The van der Waals surface area contributed by atoms with Gasteiger partial charge in [0.25, 0.3) is 0 Å². The number of aliphatic hydroxyl groups is 1. The maximum Gasteiger partial charge on any atom is 0.313 e. The van der Waals surface area contributed by atoms with Crippen LogP contribution in [-0.2, 0) is 10.2 Å². The molecule has 3 nitrogen and oxygen atoms in total. The van der Waals surface area contributed by atoms with E-state index in [-0.39, 0.29) is 12.0 Å². The SMILES string of the molecule is Cc1cccc([C@@](C)(CCCC(C)(C)CO)C(=O)O)c1. The fourth-order valence-corrected chi connectivity index (χ4v) is 2.36. The van der Waals surface area contributed by atoms with Gasteiger partial charge in [0.15, 0.2) is 0 Å². The zero-order valence-electron chi connectivity index (χ0n) is 12.9. The van der Waals surface area contributed by atoms with Gasteiger partial charge in [-0.15, -0.1) is 0 Å². The van der Waals surface area contributed by atoms with Crippen LogP contribution in [0.2, 0.25) is 0 Å². The van der Waals surface area contributed by atoms with Crippen molar-refractivity contribution in [3.05, 3.63) is 35.4 Å². The standard InChI is InChI=1S/C17H26O3/c1-13-7-5-8-14(11-13)17(4,15(19)20)10-6-9-16(2,3)12-18/h5,7-8,11,18H,6,9-10,12H2,1-4H3,(H,19,20)/t17-/m1/s1. The minimum Gasteiger partial charge on any atom is -0.481 e. The van der Waals surface area contributed by atoms with E-state index in [1.165, 1.54) is 0 Å². The molecule has 20 heavy (non-hydrogen) atoms. The predicted molar refractivity (Wildman–Crippen MR) is 80.9 cm³/mol. The van der Waals surface area contributed by atoms with Gasteiger partial charge in [-0.3, -0.25) is 4.79 Å². The van der Waals surface area contributed by atoms with Gasteiger partial charge in [0.05, 0.1) is 5.41 Å². The number of hydrogen-bond donors (Lipinski definition) is 2. The van der Waals surface area contributed by atoms with E-state index in [1.807, 2.05) is 45.0 Å². The maximum atomic E-state index is 11.7. The molecule has 1 aromatic carbocycles. The smallest absolute Gasteiger partial charge is 0.313 e. The third-order valence-corrected chi connectivity index (χ3v) is 4.09. The predicted octanol–water partition coefficient (Wildman–Crippen LogP) is 3.53. The van der Waals surface area contributed by atoms with Crippen LogP contribution in [0.15, 0.2) is 24.3 Å². The molecule has 0 amide bonds. The maximum absolute atomic E-state index is 11.7. The van der Waals surface area contributed by atoms with Crippen LogP contribution in [0.4, 0.5) is 0 Å². The molecule has 0 radical (unpaired) electrons. The number of aryl methyl sites for hydroxylation is 1. The van der Waals surface area contributed by atoms with Gasteiger partial charge in [-0.1, -0.05) is 50.1 Å². The number of rotatable bonds is 7. The fourth-order valence-electron chi connectivity index (χ4n) is 2.36. The molecule has 1 atom stereocenters. The quantitative estimate of drug-likeness (QED) is 0.802. The van der Waals surface area contributed by atoms with Gasteiger partial charge in [0, 0.05) is 6.61 Å². The van der Waals surface area contributed by atoms with Crippen LogP contribution in [0.5, 0.6) is 0 Å². The molecule has 0 aliphatic rings. The van der Waals surface area contributed by atoms with Crippen molar-refractivity contribution in [1.29, 1.82) is 0 Å². The van der Waals surface area contributed by atoms with Gasteiger partial charge in [0.2, 0.25) is 0 Å². The minimum absolute atomic E-state index is 0.126. The summed E-state index contributed by atoms with van der Waals surface area (Å²) in [5.74, 6) is -0.787. The van der Waals surface area contributed by atoms with Crippen molar-refractivity contribution in [2.24, 2.45) is 5.41 Å². The molecule has 1 rings (SSSR count). The van der Waals surface area contributed by atoms with Crippen molar-refractivity contribution < 1.29 is 15.0 Å². The summed E-state index contributed by atoms with van der Waals surface area (Å²) in [6.07, 6.45) is 2.18. The Labute approximate surface area is 121 Å². The van der Waals surface area contributed by atoms with Crippen LogP contribution >= 0.6 is 0 Å². The average molecular weight is 278 g/mol. The van der Waals surface area contributed by atoms with Gasteiger partial charge in [-0.2, -0.15) is 0 Å². The number of aliphatic carboxylic acids is 1. The fraction of sp³-hybridized carbons (Fsp3) is 0.588. The number of carboxylic acids is 1. The van der Waals surface area contributed by atoms with Crippen molar-refractivity contribution in [3.8, 4) is 0 Å². The second-order valence-corrected chi connectivity index (χ2v) is 6.68. The molecule has 0 spiro atoms. The van der Waals surface area contributed by atoms with Gasteiger partial charge in [-0.05, 0) is 37.7 Å². The van der Waals surface area contributed by atoms with Crippen LogP contribution in [0, 0.1) is 12.3 Å². The summed E-state index contributed by atoms with van der Waals surface area (Å²) < 4.78 is 0. The van der Waals surface area contributed by atoms with E-state index in [4.69, 9.17) is 0 Å². The molecule has 0 aliphatic heterocycles. The zero-order chi connectivity index (χ0) is 15.4. The number of hydrogen-bond acceptors (Lipinski definition) is 2. The summed E-state index contributed by atoms with van der Waals surface area (Å²) in [5, 5.41) is 18.9. The highest BCUT2D eigenvalue weighted by atomic mass is 16.4. The average Bonchev–Trinajstić information content (AvgIpc) is 2.38. The molecule has 0 heterocycles. The first-order valence-corrected chi connectivity index (χ1v) is 7.13. The first-order valence-electron chi connectivity index (χ1n) is 7.13. The van der Waals surface area contributed by atoms with Crippen molar-refractivity contribution in [3.63, 3.8) is 0 Å². The normalized spacial score (nSPS) is 14.8. The van der Waals surface area contributed by atoms with Crippen molar-refractivity contribution >= 4 is 5.97 Å². The second kappa shape index (κ2) is 6.40. The lowest BCUT2D eigenvalue weighted by Crippen LogP contribution is -2.33. The lowest BCUT2D eigenvalue weighted by Gasteiger charge is -2.28. The van der Waals surface area contributed by atoms with Crippen LogP contribution in [0.25, 0.3) is 0 Å². The Bertz CT molecular complexity index is 465. The topological polar surface area (TPSA) is 57.5 Å². The summed E-state index contributed by atoms with van der Waals surface area (Å²) in [4.78, 5) is 11.7. The van der Waals surface area contributed by atoms with Crippen molar-refractivity contribution in [1.82, 2.24) is 0 Å². The van der Waals surface area contributed by atoms with Crippen LogP contribution < -0.4 is 0 Å². The van der Waals surface area contributed by atoms with E-state index >= 15 is 0 Å². The Kier molecular flexibility index (Phi) is 5.35. The summed E-state index contributed by atoms with van der Waals surface area (Å²) >= 11 is 0. The van der Waals surface area contributed by atoms with Gasteiger partial charge < -0.3 is 10.2 Å². The summed E-state index contributed by atoms with van der Waals surface area (Å²) in [7, 11) is 0. The molecule has 0 unspecified atom stereocenters. The third-order valence-electron chi connectivity index (χ3n) is 4.09. The highest BCUT2D eigenvalue weighted by molar-refractivity contribution is 5.80. The summed E-state index contributed by atoms with van der Waals surface area (Å²) in [5.41, 5.74) is 0.918. The number of benzene rings is 1. The molecule has 112 valence electrons. The summed E-state index contributed by atoms with van der Waals surface area (Å²) in [6.45, 7) is 7.88. The Morgan fingerprint density at radius 2 is 1.85 bits per heavy atom. The molecular formula is C17H26O3.